The van der Waals surface area contributed by atoms with Crippen LogP contribution < -0.4 is 10.6 Å². The second kappa shape index (κ2) is 7.82. The van der Waals surface area contributed by atoms with Crippen LogP contribution in [0.5, 0.6) is 0 Å². The van der Waals surface area contributed by atoms with Gasteiger partial charge in [0.25, 0.3) is 5.91 Å². The number of carbonyl (C=O) groups excluding carboxylic acids is 1. The van der Waals surface area contributed by atoms with Crippen LogP contribution in [0.1, 0.15) is 32.4 Å². The summed E-state index contributed by atoms with van der Waals surface area (Å²) in [7, 11) is 0. The molecule has 0 saturated carbocycles. The number of imidazole rings is 1. The average Bonchev–Trinajstić information content (AvgIpc) is 3.25. The number of allylic oxidation sites excluding steroid dienone is 1. The number of hydrogen-bond acceptors (Lipinski definition) is 8. The smallest absolute Gasteiger partial charge is 0.252 e. The van der Waals surface area contributed by atoms with Crippen molar-refractivity contribution in [1.82, 2.24) is 24.8 Å². The van der Waals surface area contributed by atoms with E-state index in [2.05, 4.69) is 37.7 Å². The molecule has 1 amide bonds. The Morgan fingerprint density at radius 1 is 1.32 bits per heavy atom. The molecular formula is C18H24N6O4. The fourth-order valence-corrected chi connectivity index (χ4v) is 3.63. The highest BCUT2D eigenvalue weighted by Gasteiger charge is 2.47. The van der Waals surface area contributed by atoms with Gasteiger partial charge in [-0.25, -0.2) is 15.0 Å². The summed E-state index contributed by atoms with van der Waals surface area (Å²) < 4.78 is 7.18. The van der Waals surface area contributed by atoms with Crippen molar-refractivity contribution >= 4 is 22.9 Å². The van der Waals surface area contributed by atoms with Crippen molar-refractivity contribution in [3.63, 3.8) is 0 Å². The van der Waals surface area contributed by atoms with Crippen LogP contribution in [0, 0.1) is 0 Å². The van der Waals surface area contributed by atoms with Gasteiger partial charge in [-0.3, -0.25) is 9.36 Å². The van der Waals surface area contributed by atoms with Gasteiger partial charge in [-0.1, -0.05) is 12.2 Å². The monoisotopic (exact) mass is 388 g/mol. The number of nitrogens with one attached hydrogen (secondary N) is 2. The van der Waals surface area contributed by atoms with Crippen LogP contribution in [0.4, 0.5) is 5.82 Å². The molecule has 1 unspecified atom stereocenters. The first-order valence-electron chi connectivity index (χ1n) is 9.50. The number of anilines is 1. The van der Waals surface area contributed by atoms with Crippen LogP contribution in [0.25, 0.3) is 11.2 Å². The molecule has 2 aromatic heterocycles. The predicted octanol–water partition coefficient (Wildman–Crippen LogP) is 0.102. The van der Waals surface area contributed by atoms with Crippen LogP contribution in [0.2, 0.25) is 0 Å². The maximum absolute atomic E-state index is 12.1. The standard InChI is InChI=1S/C18H24N6O4/c1-2-19-17(27)14-12(25)13(26)18(28-14)24-9-22-11-15(20-8-21-16(11)24)23-10-6-4-3-5-7-10/h4,6,8-10,12-14,18,25-26H,2-3,5,7H2,1H3,(H,19,27)(H,20,21,23)/t10?,12-,13+,14-,18+/m0/s1. The minimum absolute atomic E-state index is 0.175. The van der Waals surface area contributed by atoms with Gasteiger partial charge in [-0.15, -0.1) is 0 Å². The summed E-state index contributed by atoms with van der Waals surface area (Å²) in [6.07, 6.45) is 5.56. The minimum atomic E-state index is -1.35. The first kappa shape index (κ1) is 18.8. The van der Waals surface area contributed by atoms with E-state index in [0.717, 1.165) is 19.3 Å². The number of carbonyl (C=O) groups is 1. The van der Waals surface area contributed by atoms with Crippen LogP contribution >= 0.6 is 0 Å². The van der Waals surface area contributed by atoms with E-state index in [-0.39, 0.29) is 6.04 Å². The predicted molar refractivity (Wildman–Crippen MR) is 100 cm³/mol. The highest BCUT2D eigenvalue weighted by atomic mass is 16.6. The molecule has 0 aromatic carbocycles. The number of hydrogen-bond donors (Lipinski definition) is 4. The third kappa shape index (κ3) is 3.34. The third-order valence-electron chi connectivity index (χ3n) is 5.06. The number of ether oxygens (including phenoxy) is 1. The summed E-state index contributed by atoms with van der Waals surface area (Å²) in [6.45, 7) is 2.17. The van der Waals surface area contributed by atoms with Crippen molar-refractivity contribution in [2.45, 2.75) is 56.8 Å². The zero-order chi connectivity index (χ0) is 19.7. The third-order valence-corrected chi connectivity index (χ3v) is 5.06. The number of aliphatic hydroxyl groups is 2. The van der Waals surface area contributed by atoms with Crippen molar-refractivity contribution in [3.05, 3.63) is 24.8 Å². The van der Waals surface area contributed by atoms with E-state index in [9.17, 15) is 15.0 Å². The molecule has 5 atom stereocenters. The molecule has 4 N–H and O–H groups in total. The zero-order valence-electron chi connectivity index (χ0n) is 15.5. The molecule has 2 aliphatic rings. The molecule has 150 valence electrons. The Morgan fingerprint density at radius 3 is 2.93 bits per heavy atom. The summed E-state index contributed by atoms with van der Waals surface area (Å²) in [5.41, 5.74) is 0.985. The summed E-state index contributed by atoms with van der Waals surface area (Å²) in [5, 5.41) is 26.6. The SMILES string of the molecule is CCNC(=O)[C@H]1O[C@@H](n2cnc3c(NC4C=CCCC4)ncnc32)[C@H](O)[C@@H]1O. The molecule has 1 aliphatic carbocycles. The highest BCUT2D eigenvalue weighted by Crippen LogP contribution is 2.32. The van der Waals surface area contributed by atoms with Gasteiger partial charge in [0.05, 0.1) is 6.33 Å². The number of aromatic nitrogens is 4. The molecule has 0 spiro atoms. The maximum Gasteiger partial charge on any atom is 0.252 e. The molecule has 2 aromatic rings. The van der Waals surface area contributed by atoms with E-state index in [1.54, 1.807) is 6.92 Å². The van der Waals surface area contributed by atoms with E-state index in [1.165, 1.54) is 17.2 Å². The number of likely N-dealkylation sites (N-methyl/N-ethyl adjacent to an activating group) is 1. The largest absolute Gasteiger partial charge is 0.387 e. The van der Waals surface area contributed by atoms with Crippen molar-refractivity contribution < 1.29 is 19.7 Å². The molecule has 10 heteroatoms. The number of fused-ring (bicyclic) bond motifs is 1. The molecular weight excluding hydrogens is 364 g/mol. The lowest BCUT2D eigenvalue weighted by atomic mass is 10.0. The van der Waals surface area contributed by atoms with Gasteiger partial charge in [0, 0.05) is 12.6 Å². The molecule has 1 aliphatic heterocycles. The molecule has 1 fully saturated rings. The van der Waals surface area contributed by atoms with Gasteiger partial charge in [0.1, 0.15) is 18.5 Å². The van der Waals surface area contributed by atoms with Gasteiger partial charge in [0.2, 0.25) is 0 Å². The summed E-state index contributed by atoms with van der Waals surface area (Å²) in [5.74, 6) is 0.121. The van der Waals surface area contributed by atoms with Crippen LogP contribution in [0.15, 0.2) is 24.8 Å². The van der Waals surface area contributed by atoms with Crippen molar-refractivity contribution in [2.24, 2.45) is 0 Å². The first-order valence-corrected chi connectivity index (χ1v) is 9.50. The zero-order valence-corrected chi connectivity index (χ0v) is 15.5. The van der Waals surface area contributed by atoms with E-state index in [4.69, 9.17) is 4.74 Å². The summed E-state index contributed by atoms with van der Waals surface area (Å²) in [6, 6.07) is 0.175. The lowest BCUT2D eigenvalue weighted by Gasteiger charge is -2.19. The van der Waals surface area contributed by atoms with Gasteiger partial charge in [-0.2, -0.15) is 0 Å². The van der Waals surface area contributed by atoms with Gasteiger partial charge in [0.15, 0.2) is 29.3 Å². The lowest BCUT2D eigenvalue weighted by Crippen LogP contribution is -2.42. The van der Waals surface area contributed by atoms with Crippen molar-refractivity contribution in [2.75, 3.05) is 11.9 Å². The lowest BCUT2D eigenvalue weighted by molar-refractivity contribution is -0.137. The van der Waals surface area contributed by atoms with Crippen molar-refractivity contribution in [3.8, 4) is 0 Å². The second-order valence-corrected chi connectivity index (χ2v) is 6.98. The van der Waals surface area contributed by atoms with Crippen LogP contribution in [-0.4, -0.2) is 66.5 Å². The van der Waals surface area contributed by atoms with Gasteiger partial charge >= 0.3 is 0 Å². The molecule has 1 saturated heterocycles. The Kier molecular flexibility index (Phi) is 5.25. The van der Waals surface area contributed by atoms with Crippen molar-refractivity contribution in [1.29, 1.82) is 0 Å². The number of nitrogens with zero attached hydrogens (tertiary/aromatic N) is 4. The molecule has 0 bridgehead atoms. The van der Waals surface area contributed by atoms with E-state index >= 15 is 0 Å². The second-order valence-electron chi connectivity index (χ2n) is 6.98. The Labute approximate surface area is 161 Å². The van der Waals surface area contributed by atoms with Crippen LogP contribution in [-0.2, 0) is 9.53 Å². The quantitative estimate of drug-likeness (QED) is 0.530. The maximum atomic E-state index is 12.1. The fourth-order valence-electron chi connectivity index (χ4n) is 3.63. The van der Waals surface area contributed by atoms with E-state index in [1.807, 2.05) is 0 Å². The minimum Gasteiger partial charge on any atom is -0.387 e. The Bertz CT molecular complexity index is 884. The van der Waals surface area contributed by atoms with Crippen LogP contribution in [0.3, 0.4) is 0 Å². The summed E-state index contributed by atoms with van der Waals surface area (Å²) in [4.78, 5) is 25.0. The molecule has 28 heavy (non-hydrogen) atoms. The topological polar surface area (TPSA) is 134 Å². The molecule has 10 nitrogen and oxygen atoms in total. The van der Waals surface area contributed by atoms with Gasteiger partial charge < -0.3 is 25.6 Å². The fraction of sp³-hybridized carbons (Fsp3) is 0.556. The Hall–Kier alpha value is -2.56. The number of rotatable bonds is 5. The first-order chi connectivity index (χ1) is 13.6. The number of aliphatic hydroxyl groups excluding tert-OH is 2. The Balaban J connectivity index is 1.61. The van der Waals surface area contributed by atoms with Gasteiger partial charge in [-0.05, 0) is 26.2 Å². The molecule has 0 radical (unpaired) electrons. The Morgan fingerprint density at radius 2 is 2.18 bits per heavy atom. The normalized spacial score (nSPS) is 29.9. The molecule has 4 rings (SSSR count). The number of amides is 1. The summed E-state index contributed by atoms with van der Waals surface area (Å²) >= 11 is 0. The van der Waals surface area contributed by atoms with E-state index < -0.39 is 30.4 Å². The highest BCUT2D eigenvalue weighted by molar-refractivity contribution is 5.83. The average molecular weight is 388 g/mol. The molecule has 3 heterocycles. The van der Waals surface area contributed by atoms with E-state index in [0.29, 0.717) is 23.5 Å².